The second-order valence-electron chi connectivity index (χ2n) is 2.71. The molecule has 0 nitrogen and oxygen atoms in total. The molecule has 1 heterocycles. The normalized spacial score (nSPS) is 16.0. The van der Waals surface area contributed by atoms with Crippen LogP contribution in [0.2, 0.25) is 0 Å². The Bertz CT molecular complexity index is 273. The van der Waals surface area contributed by atoms with E-state index in [1.807, 2.05) is 0 Å². The summed E-state index contributed by atoms with van der Waals surface area (Å²) in [5.41, 5.74) is 0. The monoisotopic (exact) mass is 250 g/mol. The molecule has 0 saturated carbocycles. The first-order chi connectivity index (χ1) is 5.47. The van der Waals surface area contributed by atoms with E-state index < -0.39 is 19.8 Å². The van der Waals surface area contributed by atoms with E-state index in [1.165, 1.54) is 0 Å². The quantitative estimate of drug-likeness (QED) is 0.658. The molecule has 54 valence electrons. The van der Waals surface area contributed by atoms with Crippen LogP contribution >= 0.6 is 0 Å². The molecular weight excluding hydrogens is 239 g/mol. The van der Waals surface area contributed by atoms with Gasteiger partial charge >= 0.3 is 74.0 Å². The summed E-state index contributed by atoms with van der Waals surface area (Å²) in [7, 11) is 0. The van der Waals surface area contributed by atoms with Gasteiger partial charge in [0.05, 0.1) is 0 Å². The van der Waals surface area contributed by atoms with Crippen LogP contribution in [-0.2, 0) is 0 Å². The summed E-state index contributed by atoms with van der Waals surface area (Å²) in [6, 6.07) is 10.8. The van der Waals surface area contributed by atoms with E-state index in [4.69, 9.17) is 0 Å². The fraction of sp³-hybridized carbons (Fsp3) is 0. The van der Waals surface area contributed by atoms with Crippen LogP contribution in [0.25, 0.3) is 0 Å². The SMILES string of the molecule is C1=[CH][SnH]([c]2ccccc2)[CH]=C1. The van der Waals surface area contributed by atoms with Gasteiger partial charge in [0, 0.05) is 0 Å². The van der Waals surface area contributed by atoms with Crippen molar-refractivity contribution in [3.63, 3.8) is 0 Å². The Morgan fingerprint density at radius 2 is 1.45 bits per heavy atom. The summed E-state index contributed by atoms with van der Waals surface area (Å²) in [5.74, 6) is 0. The van der Waals surface area contributed by atoms with Crippen molar-refractivity contribution in [1.29, 1.82) is 0 Å². The molecule has 0 saturated heterocycles. The first-order valence-corrected chi connectivity index (χ1v) is 9.32. The number of allylic oxidation sites excluding steroid dienone is 2. The van der Waals surface area contributed by atoms with E-state index in [0.29, 0.717) is 0 Å². The molecule has 1 aliphatic heterocycles. The number of benzene rings is 1. The van der Waals surface area contributed by atoms with Crippen molar-refractivity contribution in [1.82, 2.24) is 0 Å². The molecule has 0 unspecified atom stereocenters. The molecule has 1 aliphatic rings. The molecular formula is C10H10Sn. The van der Waals surface area contributed by atoms with Crippen molar-refractivity contribution >= 4 is 23.3 Å². The number of hydrogen-bond acceptors (Lipinski definition) is 0. The van der Waals surface area contributed by atoms with Crippen LogP contribution in [0.3, 0.4) is 0 Å². The van der Waals surface area contributed by atoms with Gasteiger partial charge in [-0.05, 0) is 0 Å². The molecule has 0 aliphatic carbocycles. The maximum atomic E-state index is 2.41. The molecule has 0 atom stereocenters. The average molecular weight is 249 g/mol. The summed E-state index contributed by atoms with van der Waals surface area (Å²) < 4.78 is 6.41. The third-order valence-electron chi connectivity index (χ3n) is 1.93. The van der Waals surface area contributed by atoms with Crippen molar-refractivity contribution in [2.75, 3.05) is 0 Å². The summed E-state index contributed by atoms with van der Waals surface area (Å²) in [4.78, 5) is 0. The van der Waals surface area contributed by atoms with Gasteiger partial charge in [-0.25, -0.2) is 0 Å². The summed E-state index contributed by atoms with van der Waals surface area (Å²) >= 11 is -1.47. The number of hydrogen-bond donors (Lipinski definition) is 0. The van der Waals surface area contributed by atoms with Crippen molar-refractivity contribution in [2.24, 2.45) is 0 Å². The first kappa shape index (κ1) is 7.16. The van der Waals surface area contributed by atoms with Crippen LogP contribution in [0.15, 0.2) is 50.7 Å². The minimum atomic E-state index is -1.47. The van der Waals surface area contributed by atoms with Gasteiger partial charge in [-0.3, -0.25) is 0 Å². The van der Waals surface area contributed by atoms with Gasteiger partial charge in [-0.1, -0.05) is 0 Å². The van der Waals surface area contributed by atoms with Crippen molar-refractivity contribution in [3.8, 4) is 0 Å². The molecule has 0 spiro atoms. The van der Waals surface area contributed by atoms with Crippen LogP contribution in [-0.4, -0.2) is 19.8 Å². The van der Waals surface area contributed by atoms with Crippen molar-refractivity contribution < 1.29 is 0 Å². The number of rotatable bonds is 1. The van der Waals surface area contributed by atoms with Gasteiger partial charge < -0.3 is 0 Å². The Hall–Kier alpha value is -0.501. The van der Waals surface area contributed by atoms with Gasteiger partial charge in [0.25, 0.3) is 0 Å². The molecule has 1 aromatic rings. The predicted molar refractivity (Wildman–Crippen MR) is 51.5 cm³/mol. The fourth-order valence-corrected chi connectivity index (χ4v) is 6.97. The van der Waals surface area contributed by atoms with Crippen LogP contribution < -0.4 is 3.58 Å². The fourth-order valence-electron chi connectivity index (χ4n) is 1.33. The second kappa shape index (κ2) is 3.26. The minimum absolute atomic E-state index is 1.47. The maximum absolute atomic E-state index is 2.41. The molecule has 1 heteroatoms. The van der Waals surface area contributed by atoms with Crippen molar-refractivity contribution in [2.45, 2.75) is 0 Å². The predicted octanol–water partition coefficient (Wildman–Crippen LogP) is 1.33. The standard InChI is InChI=1S/C6H5.C4H4.Sn.H/c1-2-4-6-5-3-1;1-3-4-2;;/h1-5H;1-4H;;. The van der Waals surface area contributed by atoms with E-state index in [9.17, 15) is 0 Å². The van der Waals surface area contributed by atoms with E-state index >= 15 is 0 Å². The molecule has 0 aromatic heterocycles. The Kier molecular flexibility index (Phi) is 2.13. The van der Waals surface area contributed by atoms with Crippen LogP contribution in [0.1, 0.15) is 0 Å². The molecule has 0 amide bonds. The molecule has 2 rings (SSSR count). The molecule has 0 N–H and O–H groups in total. The van der Waals surface area contributed by atoms with Gasteiger partial charge in [0.15, 0.2) is 0 Å². The first-order valence-electron chi connectivity index (χ1n) is 3.87. The Morgan fingerprint density at radius 3 is 2.09 bits per heavy atom. The van der Waals surface area contributed by atoms with E-state index in [0.717, 1.165) is 0 Å². The Morgan fingerprint density at radius 1 is 0.818 bits per heavy atom. The Labute approximate surface area is 74.0 Å². The zero-order chi connectivity index (χ0) is 7.52. The van der Waals surface area contributed by atoms with Gasteiger partial charge in [-0.2, -0.15) is 0 Å². The molecule has 1 aromatic carbocycles. The summed E-state index contributed by atoms with van der Waals surface area (Å²) in [6.45, 7) is 0. The topological polar surface area (TPSA) is 0 Å². The third-order valence-corrected chi connectivity index (χ3v) is 8.86. The summed E-state index contributed by atoms with van der Waals surface area (Å²) in [6.07, 6.45) is 4.38. The van der Waals surface area contributed by atoms with E-state index in [2.05, 4.69) is 50.7 Å². The van der Waals surface area contributed by atoms with Gasteiger partial charge in [-0.15, -0.1) is 0 Å². The van der Waals surface area contributed by atoms with E-state index in [1.54, 1.807) is 3.58 Å². The van der Waals surface area contributed by atoms with Gasteiger partial charge in [0.1, 0.15) is 0 Å². The average Bonchev–Trinajstić information content (AvgIpc) is 2.58. The molecule has 0 radical (unpaired) electrons. The van der Waals surface area contributed by atoms with Crippen LogP contribution in [0.5, 0.6) is 0 Å². The van der Waals surface area contributed by atoms with Crippen LogP contribution in [0, 0.1) is 0 Å². The van der Waals surface area contributed by atoms with Crippen molar-refractivity contribution in [3.05, 3.63) is 50.7 Å². The third kappa shape index (κ3) is 1.56. The molecule has 0 fully saturated rings. The zero-order valence-corrected chi connectivity index (χ0v) is 9.57. The molecule has 0 bridgehead atoms. The second-order valence-corrected chi connectivity index (χ2v) is 9.81. The van der Waals surface area contributed by atoms with E-state index in [-0.39, 0.29) is 0 Å². The van der Waals surface area contributed by atoms with Crippen LogP contribution in [0.4, 0.5) is 0 Å². The molecule has 11 heavy (non-hydrogen) atoms. The zero-order valence-electron chi connectivity index (χ0n) is 6.27. The van der Waals surface area contributed by atoms with Gasteiger partial charge in [0.2, 0.25) is 0 Å². The summed E-state index contributed by atoms with van der Waals surface area (Å²) in [5, 5.41) is 0. The Balaban J connectivity index is 2.30.